The van der Waals surface area contributed by atoms with Crippen molar-refractivity contribution < 1.29 is 28.8 Å². The lowest BCUT2D eigenvalue weighted by atomic mass is 10.0. The first-order valence-corrected chi connectivity index (χ1v) is 18.2. The number of hydrogen-bond acceptors (Lipinski definition) is 6. The molecule has 0 radical (unpaired) electrons. The Labute approximate surface area is 292 Å². The molecule has 0 bridgehead atoms. The Morgan fingerprint density at radius 1 is 0.354 bits per heavy atom. The van der Waals surface area contributed by atoms with Crippen LogP contribution in [0.1, 0.15) is 159 Å². The van der Waals surface area contributed by atoms with Gasteiger partial charge in [0.1, 0.15) is 0 Å². The van der Waals surface area contributed by atoms with Gasteiger partial charge in [-0.25, -0.2) is 0 Å². The van der Waals surface area contributed by atoms with Gasteiger partial charge in [0, 0.05) is 79.3 Å². The Morgan fingerprint density at radius 3 is 0.750 bits per heavy atom. The SMILES string of the molecule is CCCC(CCCCNC(C)=O)NC(C)=O.CCCC(CCCCNC(C)=O)NC(C)=O.CCCC(CCCCNC(C)=O)NC(C)=O. The van der Waals surface area contributed by atoms with E-state index in [-0.39, 0.29) is 35.4 Å². The summed E-state index contributed by atoms with van der Waals surface area (Å²) in [6.45, 7) is 17.8. The number of carbonyl (C=O) groups is 6. The summed E-state index contributed by atoms with van der Waals surface area (Å²) >= 11 is 0. The molecule has 0 heterocycles. The summed E-state index contributed by atoms with van der Waals surface area (Å²) in [5.41, 5.74) is 0. The zero-order valence-electron chi connectivity index (χ0n) is 31.9. The molecule has 0 aliphatic rings. The number of amides is 6. The predicted octanol–water partition coefficient (Wildman–Crippen LogP) is 4.79. The maximum atomic E-state index is 10.9. The van der Waals surface area contributed by atoms with E-state index in [4.69, 9.17) is 0 Å². The third kappa shape index (κ3) is 42.8. The van der Waals surface area contributed by atoms with Crippen LogP contribution in [0.3, 0.4) is 0 Å². The first-order valence-electron chi connectivity index (χ1n) is 18.2. The molecule has 0 saturated heterocycles. The number of rotatable bonds is 24. The molecule has 48 heavy (non-hydrogen) atoms. The molecule has 3 unspecified atom stereocenters. The largest absolute Gasteiger partial charge is 0.356 e. The molecule has 3 atom stereocenters. The summed E-state index contributed by atoms with van der Waals surface area (Å²) in [6.07, 6.45) is 15.3. The molecule has 0 aromatic rings. The fourth-order valence-electron chi connectivity index (χ4n) is 5.11. The third-order valence-corrected chi connectivity index (χ3v) is 7.19. The summed E-state index contributed by atoms with van der Waals surface area (Å²) < 4.78 is 0. The molecule has 0 aromatic carbocycles. The number of unbranched alkanes of at least 4 members (excludes halogenated alkanes) is 3. The Balaban J connectivity index is -0.000000633. The van der Waals surface area contributed by atoms with Crippen LogP contribution in [0.4, 0.5) is 0 Å². The van der Waals surface area contributed by atoms with Crippen molar-refractivity contribution in [1.82, 2.24) is 31.9 Å². The van der Waals surface area contributed by atoms with Crippen LogP contribution in [0.15, 0.2) is 0 Å². The standard InChI is InChI=1S/3C12H24N2O2/c3*1-4-7-12(14-11(3)16)8-5-6-9-13-10(2)15/h3*12H,4-9H2,1-3H3,(H,13,15)(H,14,16). The van der Waals surface area contributed by atoms with E-state index in [0.717, 1.165) is 116 Å². The molecule has 0 aliphatic heterocycles. The van der Waals surface area contributed by atoms with Crippen LogP contribution in [0, 0.1) is 0 Å². The predicted molar refractivity (Wildman–Crippen MR) is 195 cm³/mol. The highest BCUT2D eigenvalue weighted by atomic mass is 16.2. The Morgan fingerprint density at radius 2 is 0.583 bits per heavy atom. The molecule has 12 nitrogen and oxygen atoms in total. The summed E-state index contributed by atoms with van der Waals surface area (Å²) in [7, 11) is 0. The van der Waals surface area contributed by atoms with E-state index in [9.17, 15) is 28.8 Å². The molecule has 282 valence electrons. The first kappa shape index (κ1) is 49.2. The van der Waals surface area contributed by atoms with Crippen molar-refractivity contribution in [2.24, 2.45) is 0 Å². The van der Waals surface area contributed by atoms with Crippen LogP contribution in [0.25, 0.3) is 0 Å². The minimum absolute atomic E-state index is 0.0203. The monoisotopic (exact) mass is 685 g/mol. The van der Waals surface area contributed by atoms with Gasteiger partial charge >= 0.3 is 0 Å². The molecule has 0 spiro atoms. The molecule has 6 amide bonds. The van der Waals surface area contributed by atoms with E-state index >= 15 is 0 Å². The van der Waals surface area contributed by atoms with Gasteiger partial charge in [-0.05, 0) is 77.0 Å². The molecular formula is C36H72N6O6. The minimum atomic E-state index is 0.0203. The normalized spacial score (nSPS) is 11.9. The van der Waals surface area contributed by atoms with Gasteiger partial charge in [-0.3, -0.25) is 28.8 Å². The van der Waals surface area contributed by atoms with Gasteiger partial charge in [-0.2, -0.15) is 0 Å². The maximum absolute atomic E-state index is 10.9. The van der Waals surface area contributed by atoms with Gasteiger partial charge in [-0.1, -0.05) is 40.0 Å². The highest BCUT2D eigenvalue weighted by Gasteiger charge is 2.10. The second-order valence-corrected chi connectivity index (χ2v) is 12.5. The van der Waals surface area contributed by atoms with Crippen molar-refractivity contribution in [3.63, 3.8) is 0 Å². The lowest BCUT2D eigenvalue weighted by Gasteiger charge is -2.16. The Kier molecular flexibility index (Phi) is 36.0. The van der Waals surface area contributed by atoms with E-state index < -0.39 is 0 Å². The van der Waals surface area contributed by atoms with E-state index in [0.29, 0.717) is 18.1 Å². The van der Waals surface area contributed by atoms with Gasteiger partial charge in [0.25, 0.3) is 0 Å². The summed E-state index contributed by atoms with van der Waals surface area (Å²) in [6, 6.07) is 0.875. The van der Waals surface area contributed by atoms with Crippen molar-refractivity contribution in [3.05, 3.63) is 0 Å². The Bertz CT molecular complexity index is 761. The first-order chi connectivity index (χ1) is 22.7. The van der Waals surface area contributed by atoms with E-state index in [1.807, 2.05) is 0 Å². The highest BCUT2D eigenvalue weighted by molar-refractivity contribution is 5.74. The smallest absolute Gasteiger partial charge is 0.217 e. The van der Waals surface area contributed by atoms with Crippen molar-refractivity contribution in [2.75, 3.05) is 19.6 Å². The van der Waals surface area contributed by atoms with Gasteiger partial charge in [-0.15, -0.1) is 0 Å². The zero-order chi connectivity index (χ0) is 37.2. The van der Waals surface area contributed by atoms with E-state index in [1.54, 1.807) is 20.8 Å². The van der Waals surface area contributed by atoms with Crippen LogP contribution < -0.4 is 31.9 Å². The Hall–Kier alpha value is -3.18. The average Bonchev–Trinajstić information content (AvgIpc) is 2.96. The van der Waals surface area contributed by atoms with E-state index in [1.165, 1.54) is 20.8 Å². The van der Waals surface area contributed by atoms with Crippen LogP contribution in [-0.2, 0) is 28.8 Å². The lowest BCUT2D eigenvalue weighted by Crippen LogP contribution is -2.33. The van der Waals surface area contributed by atoms with Crippen LogP contribution in [0.2, 0.25) is 0 Å². The molecule has 12 heteroatoms. The number of carbonyl (C=O) groups excluding carboxylic acids is 6. The molecular weight excluding hydrogens is 612 g/mol. The molecule has 0 fully saturated rings. The molecule has 0 saturated carbocycles. The molecule has 0 aliphatic carbocycles. The van der Waals surface area contributed by atoms with Gasteiger partial charge in [0.2, 0.25) is 35.4 Å². The van der Waals surface area contributed by atoms with Crippen molar-refractivity contribution in [3.8, 4) is 0 Å². The molecule has 0 rings (SSSR count). The quantitative estimate of drug-likeness (QED) is 0.0797. The highest BCUT2D eigenvalue weighted by Crippen LogP contribution is 2.08. The van der Waals surface area contributed by atoms with Crippen molar-refractivity contribution in [1.29, 1.82) is 0 Å². The minimum Gasteiger partial charge on any atom is -0.356 e. The zero-order valence-corrected chi connectivity index (χ0v) is 31.9. The second-order valence-electron chi connectivity index (χ2n) is 12.5. The fourth-order valence-corrected chi connectivity index (χ4v) is 5.11. The molecule has 6 N–H and O–H groups in total. The van der Waals surface area contributed by atoms with Gasteiger partial charge in [0.15, 0.2) is 0 Å². The van der Waals surface area contributed by atoms with Gasteiger partial charge < -0.3 is 31.9 Å². The van der Waals surface area contributed by atoms with Crippen LogP contribution in [-0.4, -0.2) is 73.2 Å². The molecule has 0 aromatic heterocycles. The van der Waals surface area contributed by atoms with Gasteiger partial charge in [0.05, 0.1) is 0 Å². The number of hydrogen-bond donors (Lipinski definition) is 6. The lowest BCUT2D eigenvalue weighted by molar-refractivity contribution is -0.120. The van der Waals surface area contributed by atoms with Crippen LogP contribution in [0.5, 0.6) is 0 Å². The second kappa shape index (κ2) is 35.1. The van der Waals surface area contributed by atoms with Crippen molar-refractivity contribution in [2.45, 2.75) is 177 Å². The fraction of sp³-hybridized carbons (Fsp3) is 0.833. The number of nitrogens with one attached hydrogen (secondary N) is 6. The average molecular weight is 685 g/mol. The summed E-state index contributed by atoms with van der Waals surface area (Å²) in [5, 5.41) is 17.2. The summed E-state index contributed by atoms with van der Waals surface area (Å²) in [4.78, 5) is 64.7. The van der Waals surface area contributed by atoms with Crippen LogP contribution >= 0.6 is 0 Å². The maximum Gasteiger partial charge on any atom is 0.217 e. The topological polar surface area (TPSA) is 175 Å². The summed E-state index contributed by atoms with van der Waals surface area (Å²) in [5.74, 6) is 0.187. The van der Waals surface area contributed by atoms with E-state index in [2.05, 4.69) is 52.7 Å². The van der Waals surface area contributed by atoms with Crippen molar-refractivity contribution >= 4 is 35.4 Å². The third-order valence-electron chi connectivity index (χ3n) is 7.19.